The SMILES string of the molecule is CCNC(=NCc1ccc(C(=O)N(C)C)cc1)NCCCN(C(C)C)C(C)C. The van der Waals surface area contributed by atoms with E-state index < -0.39 is 0 Å². The first-order valence-electron chi connectivity index (χ1n) is 10.3. The Labute approximate surface area is 171 Å². The number of nitrogens with one attached hydrogen (secondary N) is 2. The number of amides is 1. The van der Waals surface area contributed by atoms with Crippen molar-refractivity contribution in [3.63, 3.8) is 0 Å². The van der Waals surface area contributed by atoms with Crippen LogP contribution in [0, 0.1) is 0 Å². The highest BCUT2D eigenvalue weighted by molar-refractivity contribution is 5.93. The molecule has 158 valence electrons. The van der Waals surface area contributed by atoms with E-state index in [1.807, 2.05) is 24.3 Å². The van der Waals surface area contributed by atoms with E-state index in [1.54, 1.807) is 19.0 Å². The molecule has 0 saturated carbocycles. The average Bonchev–Trinajstić information content (AvgIpc) is 2.64. The van der Waals surface area contributed by atoms with Gasteiger partial charge >= 0.3 is 0 Å². The zero-order chi connectivity index (χ0) is 21.1. The van der Waals surface area contributed by atoms with Crippen molar-refractivity contribution >= 4 is 11.9 Å². The summed E-state index contributed by atoms with van der Waals surface area (Å²) in [5.41, 5.74) is 1.78. The maximum absolute atomic E-state index is 12.0. The molecule has 6 nitrogen and oxygen atoms in total. The van der Waals surface area contributed by atoms with Crippen LogP contribution in [0.25, 0.3) is 0 Å². The quantitative estimate of drug-likeness (QED) is 0.367. The van der Waals surface area contributed by atoms with Crippen molar-refractivity contribution in [1.82, 2.24) is 20.4 Å². The Hall–Kier alpha value is -2.08. The standard InChI is InChI=1S/C22H39N5O/c1-8-23-22(24-14-9-15-27(17(2)3)18(4)5)25-16-19-10-12-20(13-11-19)21(28)26(6)7/h10-13,17-18H,8-9,14-16H2,1-7H3,(H2,23,24,25). The predicted octanol–water partition coefficient (Wildman–Crippen LogP) is 2.95. The Morgan fingerprint density at radius 2 is 1.64 bits per heavy atom. The molecule has 1 rings (SSSR count). The number of rotatable bonds is 10. The van der Waals surface area contributed by atoms with Gasteiger partial charge in [0.1, 0.15) is 0 Å². The number of aliphatic imine (C=N–C) groups is 1. The minimum atomic E-state index is 0.0156. The summed E-state index contributed by atoms with van der Waals surface area (Å²) in [6.45, 7) is 14.4. The molecule has 1 aromatic carbocycles. The van der Waals surface area contributed by atoms with Crippen molar-refractivity contribution in [2.45, 2.75) is 59.7 Å². The Balaban J connectivity index is 2.56. The van der Waals surface area contributed by atoms with E-state index in [9.17, 15) is 4.79 Å². The lowest BCUT2D eigenvalue weighted by atomic mass is 10.1. The first-order valence-corrected chi connectivity index (χ1v) is 10.3. The van der Waals surface area contributed by atoms with Crippen molar-refractivity contribution < 1.29 is 4.79 Å². The van der Waals surface area contributed by atoms with Crippen LogP contribution in [0.5, 0.6) is 0 Å². The number of nitrogens with zero attached hydrogens (tertiary/aromatic N) is 3. The zero-order valence-electron chi connectivity index (χ0n) is 18.7. The van der Waals surface area contributed by atoms with E-state index in [-0.39, 0.29) is 5.91 Å². The second-order valence-corrected chi connectivity index (χ2v) is 7.80. The van der Waals surface area contributed by atoms with E-state index in [1.165, 1.54) is 0 Å². The smallest absolute Gasteiger partial charge is 0.253 e. The summed E-state index contributed by atoms with van der Waals surface area (Å²) in [6, 6.07) is 8.77. The summed E-state index contributed by atoms with van der Waals surface area (Å²) < 4.78 is 0. The van der Waals surface area contributed by atoms with Crippen LogP contribution >= 0.6 is 0 Å². The van der Waals surface area contributed by atoms with Gasteiger partial charge in [0, 0.05) is 51.4 Å². The highest BCUT2D eigenvalue weighted by Crippen LogP contribution is 2.08. The Kier molecular flexibility index (Phi) is 10.6. The van der Waals surface area contributed by atoms with Crippen molar-refractivity contribution in [3.05, 3.63) is 35.4 Å². The van der Waals surface area contributed by atoms with E-state index in [0.717, 1.165) is 37.6 Å². The third-order valence-corrected chi connectivity index (χ3v) is 4.58. The molecule has 0 aliphatic carbocycles. The second kappa shape index (κ2) is 12.4. The van der Waals surface area contributed by atoms with E-state index >= 15 is 0 Å². The van der Waals surface area contributed by atoms with Gasteiger partial charge in [0.05, 0.1) is 6.54 Å². The van der Waals surface area contributed by atoms with Crippen LogP contribution in [0.2, 0.25) is 0 Å². The second-order valence-electron chi connectivity index (χ2n) is 7.80. The molecule has 0 heterocycles. The average molecular weight is 390 g/mol. The number of hydrogen-bond acceptors (Lipinski definition) is 3. The molecule has 0 fully saturated rings. The Morgan fingerprint density at radius 3 is 2.14 bits per heavy atom. The van der Waals surface area contributed by atoms with Crippen LogP contribution < -0.4 is 10.6 Å². The van der Waals surface area contributed by atoms with Crippen molar-refractivity contribution in [2.24, 2.45) is 4.99 Å². The lowest BCUT2D eigenvalue weighted by Crippen LogP contribution is -2.41. The van der Waals surface area contributed by atoms with Gasteiger partial charge in [-0.1, -0.05) is 12.1 Å². The molecule has 6 heteroatoms. The Bertz CT molecular complexity index is 600. The van der Waals surface area contributed by atoms with Gasteiger partial charge < -0.3 is 15.5 Å². The van der Waals surface area contributed by atoms with Crippen LogP contribution in [0.15, 0.2) is 29.3 Å². The summed E-state index contributed by atoms with van der Waals surface area (Å²) in [6.07, 6.45) is 1.07. The first kappa shape index (κ1) is 24.0. The van der Waals surface area contributed by atoms with Crippen molar-refractivity contribution in [1.29, 1.82) is 0 Å². The number of hydrogen-bond donors (Lipinski definition) is 2. The van der Waals surface area contributed by atoms with Crippen LogP contribution in [0.1, 0.15) is 57.0 Å². The molecule has 0 unspecified atom stereocenters. The molecular formula is C22H39N5O. The maximum atomic E-state index is 12.0. The number of guanidine groups is 1. The van der Waals surface area contributed by atoms with Gasteiger partial charge in [-0.3, -0.25) is 9.69 Å². The fourth-order valence-electron chi connectivity index (χ4n) is 3.10. The Morgan fingerprint density at radius 1 is 1.04 bits per heavy atom. The van der Waals surface area contributed by atoms with Crippen LogP contribution in [-0.4, -0.2) is 67.5 Å². The van der Waals surface area contributed by atoms with Gasteiger partial charge in [0.25, 0.3) is 5.91 Å². The molecule has 0 atom stereocenters. The van der Waals surface area contributed by atoms with Gasteiger partial charge in [-0.15, -0.1) is 0 Å². The van der Waals surface area contributed by atoms with E-state index in [2.05, 4.69) is 55.1 Å². The molecule has 1 aromatic rings. The van der Waals surface area contributed by atoms with Gasteiger partial charge in [-0.05, 0) is 58.7 Å². The molecule has 0 aliphatic heterocycles. The molecule has 0 spiro atoms. The molecule has 2 N–H and O–H groups in total. The highest BCUT2D eigenvalue weighted by atomic mass is 16.2. The van der Waals surface area contributed by atoms with Gasteiger partial charge in [-0.25, -0.2) is 4.99 Å². The monoisotopic (exact) mass is 389 g/mol. The maximum Gasteiger partial charge on any atom is 0.253 e. The zero-order valence-corrected chi connectivity index (χ0v) is 18.7. The fourth-order valence-corrected chi connectivity index (χ4v) is 3.10. The summed E-state index contributed by atoms with van der Waals surface area (Å²) in [5, 5.41) is 6.72. The molecule has 0 radical (unpaired) electrons. The predicted molar refractivity (Wildman–Crippen MR) is 119 cm³/mol. The minimum absolute atomic E-state index is 0.0156. The van der Waals surface area contributed by atoms with E-state index in [0.29, 0.717) is 24.2 Å². The molecule has 1 amide bonds. The molecule has 28 heavy (non-hydrogen) atoms. The van der Waals surface area contributed by atoms with Crippen LogP contribution in [0.4, 0.5) is 0 Å². The lowest BCUT2D eigenvalue weighted by Gasteiger charge is -2.30. The van der Waals surface area contributed by atoms with Gasteiger partial charge in [0.2, 0.25) is 0 Å². The number of carbonyl (C=O) groups is 1. The fraction of sp³-hybridized carbons (Fsp3) is 0.636. The first-order chi connectivity index (χ1) is 13.3. The minimum Gasteiger partial charge on any atom is -0.357 e. The van der Waals surface area contributed by atoms with E-state index in [4.69, 9.17) is 0 Å². The highest BCUT2D eigenvalue weighted by Gasteiger charge is 2.12. The summed E-state index contributed by atoms with van der Waals surface area (Å²) in [5.74, 6) is 0.846. The normalized spacial score (nSPS) is 12.0. The molecule has 0 aromatic heterocycles. The van der Waals surface area contributed by atoms with Crippen molar-refractivity contribution in [3.8, 4) is 0 Å². The lowest BCUT2D eigenvalue weighted by molar-refractivity contribution is 0.0827. The topological polar surface area (TPSA) is 60.0 Å². The summed E-state index contributed by atoms with van der Waals surface area (Å²) in [7, 11) is 3.52. The largest absolute Gasteiger partial charge is 0.357 e. The summed E-state index contributed by atoms with van der Waals surface area (Å²) >= 11 is 0. The van der Waals surface area contributed by atoms with Crippen molar-refractivity contribution in [2.75, 3.05) is 33.7 Å². The molecular weight excluding hydrogens is 350 g/mol. The molecule has 0 saturated heterocycles. The molecule has 0 aliphatic rings. The molecule has 0 bridgehead atoms. The van der Waals surface area contributed by atoms with Gasteiger partial charge in [-0.2, -0.15) is 0 Å². The van der Waals surface area contributed by atoms with Crippen LogP contribution in [-0.2, 0) is 6.54 Å². The third kappa shape index (κ3) is 8.30. The summed E-state index contributed by atoms with van der Waals surface area (Å²) in [4.78, 5) is 20.7. The van der Waals surface area contributed by atoms with Gasteiger partial charge in [0.15, 0.2) is 5.96 Å². The number of benzene rings is 1. The van der Waals surface area contributed by atoms with Crippen LogP contribution in [0.3, 0.4) is 0 Å². The number of carbonyl (C=O) groups excluding carboxylic acids is 1. The third-order valence-electron chi connectivity index (χ3n) is 4.58.